The molecule has 0 bridgehead atoms. The molecule has 2 N–H and O–H groups in total. The van der Waals surface area contributed by atoms with Crippen molar-refractivity contribution in [2.45, 2.75) is 32.4 Å². The van der Waals surface area contributed by atoms with Crippen molar-refractivity contribution in [2.75, 3.05) is 24.0 Å². The first-order chi connectivity index (χ1) is 8.52. The van der Waals surface area contributed by atoms with E-state index in [4.69, 9.17) is 5.73 Å². The highest BCUT2D eigenvalue weighted by Gasteiger charge is 2.20. The first-order valence-electron chi connectivity index (χ1n) is 6.28. The van der Waals surface area contributed by atoms with Crippen molar-refractivity contribution < 1.29 is 4.39 Å². The van der Waals surface area contributed by atoms with Crippen LogP contribution in [-0.4, -0.2) is 25.1 Å². The molecule has 2 nitrogen and oxygen atoms in total. The third-order valence-electron chi connectivity index (χ3n) is 3.24. The minimum absolute atomic E-state index is 0.162. The van der Waals surface area contributed by atoms with Crippen LogP contribution in [0.2, 0.25) is 0 Å². The maximum atomic E-state index is 14.1. The van der Waals surface area contributed by atoms with Gasteiger partial charge in [0.15, 0.2) is 0 Å². The maximum Gasteiger partial charge on any atom is 0.146 e. The van der Waals surface area contributed by atoms with Gasteiger partial charge in [-0.15, -0.1) is 0 Å². The molecular weight excluding hydrogens is 247 g/mol. The molecule has 0 aliphatic heterocycles. The molecule has 0 aliphatic carbocycles. The van der Waals surface area contributed by atoms with Crippen molar-refractivity contribution in [1.82, 2.24) is 0 Å². The standard InChI is InChI=1S/C14H23FN2S/c1-5-11(9-18-4)17(3)14-12(10(2)16)7-6-8-13(14)15/h6-8,10-11H,5,9,16H2,1-4H3/t10-,11?/m1/s1. The van der Waals surface area contributed by atoms with Crippen LogP contribution < -0.4 is 10.6 Å². The summed E-state index contributed by atoms with van der Waals surface area (Å²) in [5.41, 5.74) is 7.46. The monoisotopic (exact) mass is 270 g/mol. The van der Waals surface area contributed by atoms with Gasteiger partial charge >= 0.3 is 0 Å². The van der Waals surface area contributed by atoms with E-state index in [-0.39, 0.29) is 11.9 Å². The Kier molecular flexibility index (Phi) is 5.96. The fourth-order valence-electron chi connectivity index (χ4n) is 2.15. The van der Waals surface area contributed by atoms with Crippen LogP contribution >= 0.6 is 11.8 Å². The summed E-state index contributed by atoms with van der Waals surface area (Å²) >= 11 is 1.78. The summed E-state index contributed by atoms with van der Waals surface area (Å²) in [6.45, 7) is 4.02. The van der Waals surface area contributed by atoms with Crippen molar-refractivity contribution in [3.05, 3.63) is 29.6 Å². The lowest BCUT2D eigenvalue weighted by Gasteiger charge is -2.31. The normalized spacial score (nSPS) is 14.3. The van der Waals surface area contributed by atoms with Gasteiger partial charge in [-0.25, -0.2) is 4.39 Å². The van der Waals surface area contributed by atoms with Crippen LogP contribution in [0.4, 0.5) is 10.1 Å². The molecule has 18 heavy (non-hydrogen) atoms. The third kappa shape index (κ3) is 3.39. The Bertz CT molecular complexity index is 382. The second kappa shape index (κ2) is 7.00. The number of para-hydroxylation sites is 1. The lowest BCUT2D eigenvalue weighted by Crippen LogP contribution is -2.35. The van der Waals surface area contributed by atoms with Crippen LogP contribution in [0.15, 0.2) is 18.2 Å². The second-order valence-electron chi connectivity index (χ2n) is 4.59. The molecule has 0 radical (unpaired) electrons. The number of hydrogen-bond donors (Lipinski definition) is 1. The molecule has 0 fully saturated rings. The van der Waals surface area contributed by atoms with E-state index in [1.165, 1.54) is 6.07 Å². The van der Waals surface area contributed by atoms with E-state index in [2.05, 4.69) is 13.2 Å². The van der Waals surface area contributed by atoms with Gasteiger partial charge in [0.1, 0.15) is 5.82 Å². The summed E-state index contributed by atoms with van der Waals surface area (Å²) in [6.07, 6.45) is 3.06. The van der Waals surface area contributed by atoms with E-state index in [9.17, 15) is 4.39 Å². The van der Waals surface area contributed by atoms with E-state index in [0.29, 0.717) is 11.7 Å². The van der Waals surface area contributed by atoms with E-state index < -0.39 is 0 Å². The van der Waals surface area contributed by atoms with Crippen molar-refractivity contribution >= 4 is 17.4 Å². The highest BCUT2D eigenvalue weighted by Crippen LogP contribution is 2.30. The Hall–Kier alpha value is -0.740. The number of benzene rings is 1. The van der Waals surface area contributed by atoms with E-state index in [1.54, 1.807) is 17.8 Å². The Morgan fingerprint density at radius 3 is 2.61 bits per heavy atom. The summed E-state index contributed by atoms with van der Waals surface area (Å²) < 4.78 is 14.1. The molecule has 0 spiro atoms. The van der Waals surface area contributed by atoms with Crippen molar-refractivity contribution in [3.63, 3.8) is 0 Å². The molecule has 0 aromatic heterocycles. The largest absolute Gasteiger partial charge is 0.368 e. The molecule has 0 saturated carbocycles. The predicted molar refractivity (Wildman–Crippen MR) is 79.9 cm³/mol. The van der Waals surface area contributed by atoms with Gasteiger partial charge in [-0.1, -0.05) is 19.1 Å². The summed E-state index contributed by atoms with van der Waals surface area (Å²) in [4.78, 5) is 2.03. The Labute approximate surface area is 114 Å². The Morgan fingerprint density at radius 2 is 2.11 bits per heavy atom. The van der Waals surface area contributed by atoms with Crippen molar-refractivity contribution in [3.8, 4) is 0 Å². The molecular formula is C14H23FN2S. The van der Waals surface area contributed by atoms with Gasteiger partial charge in [0.2, 0.25) is 0 Å². The summed E-state index contributed by atoms with van der Waals surface area (Å²) in [5, 5.41) is 0. The van der Waals surface area contributed by atoms with Gasteiger partial charge in [-0.05, 0) is 31.2 Å². The summed E-state index contributed by atoms with van der Waals surface area (Å²) in [6, 6.07) is 5.30. The van der Waals surface area contributed by atoms with Gasteiger partial charge in [0.05, 0.1) is 5.69 Å². The number of nitrogens with zero attached hydrogens (tertiary/aromatic N) is 1. The van der Waals surface area contributed by atoms with Gasteiger partial charge in [0.25, 0.3) is 0 Å². The molecule has 2 atom stereocenters. The van der Waals surface area contributed by atoms with Crippen LogP contribution in [0.5, 0.6) is 0 Å². The van der Waals surface area contributed by atoms with Gasteiger partial charge in [-0.2, -0.15) is 11.8 Å². The predicted octanol–water partition coefficient (Wildman–Crippen LogP) is 3.42. The summed E-state index contributed by atoms with van der Waals surface area (Å²) in [5.74, 6) is 0.798. The minimum Gasteiger partial charge on any atom is -0.368 e. The zero-order valence-corrected chi connectivity index (χ0v) is 12.4. The number of thioether (sulfide) groups is 1. The molecule has 0 heterocycles. The highest BCUT2D eigenvalue weighted by atomic mass is 32.2. The molecule has 1 unspecified atom stereocenters. The quantitative estimate of drug-likeness (QED) is 0.859. The SMILES string of the molecule is CCC(CSC)N(C)c1c(F)cccc1[C@@H](C)N. The first kappa shape index (κ1) is 15.3. The van der Waals surface area contributed by atoms with Gasteiger partial charge in [0, 0.05) is 24.9 Å². The number of nitrogens with two attached hydrogens (primary N) is 1. The number of hydrogen-bond acceptors (Lipinski definition) is 3. The van der Waals surface area contributed by atoms with Crippen LogP contribution in [0.25, 0.3) is 0 Å². The van der Waals surface area contributed by atoms with E-state index in [0.717, 1.165) is 17.7 Å². The molecule has 4 heteroatoms. The molecule has 0 aliphatic rings. The number of halogens is 1. The maximum absolute atomic E-state index is 14.1. The molecule has 0 saturated heterocycles. The van der Waals surface area contributed by atoms with Crippen LogP contribution in [-0.2, 0) is 0 Å². The Morgan fingerprint density at radius 1 is 1.44 bits per heavy atom. The second-order valence-corrected chi connectivity index (χ2v) is 5.51. The van der Waals surface area contributed by atoms with E-state index >= 15 is 0 Å². The topological polar surface area (TPSA) is 29.3 Å². The summed E-state index contributed by atoms with van der Waals surface area (Å²) in [7, 11) is 1.95. The van der Waals surface area contributed by atoms with Gasteiger partial charge in [-0.3, -0.25) is 0 Å². The zero-order valence-electron chi connectivity index (χ0n) is 11.6. The highest BCUT2D eigenvalue weighted by molar-refractivity contribution is 7.98. The minimum atomic E-state index is -0.188. The zero-order chi connectivity index (χ0) is 13.7. The molecule has 1 aromatic rings. The van der Waals surface area contributed by atoms with Crippen LogP contribution in [0.3, 0.4) is 0 Å². The fourth-order valence-corrected chi connectivity index (χ4v) is 2.99. The molecule has 102 valence electrons. The number of anilines is 1. The fraction of sp³-hybridized carbons (Fsp3) is 0.571. The number of rotatable bonds is 6. The third-order valence-corrected chi connectivity index (χ3v) is 3.96. The molecule has 1 aromatic carbocycles. The van der Waals surface area contributed by atoms with Crippen LogP contribution in [0, 0.1) is 5.82 Å². The van der Waals surface area contributed by atoms with E-state index in [1.807, 2.05) is 24.9 Å². The van der Waals surface area contributed by atoms with Gasteiger partial charge < -0.3 is 10.6 Å². The molecule has 0 amide bonds. The average Bonchev–Trinajstić information content (AvgIpc) is 2.34. The lowest BCUT2D eigenvalue weighted by atomic mass is 10.0. The average molecular weight is 270 g/mol. The molecule has 1 rings (SSSR count). The van der Waals surface area contributed by atoms with Crippen LogP contribution in [0.1, 0.15) is 31.9 Å². The first-order valence-corrected chi connectivity index (χ1v) is 7.68. The smallest absolute Gasteiger partial charge is 0.146 e. The lowest BCUT2D eigenvalue weighted by molar-refractivity contribution is 0.595. The Balaban J connectivity index is 3.13. The van der Waals surface area contributed by atoms with Crippen molar-refractivity contribution in [2.24, 2.45) is 5.73 Å². The van der Waals surface area contributed by atoms with Crippen molar-refractivity contribution in [1.29, 1.82) is 0 Å².